The van der Waals surface area contributed by atoms with Gasteiger partial charge in [0.2, 0.25) is 15.9 Å². The maximum Gasteiger partial charge on any atom is 0.245 e. The van der Waals surface area contributed by atoms with Gasteiger partial charge in [-0.1, -0.05) is 48.5 Å². The molecule has 0 spiro atoms. The summed E-state index contributed by atoms with van der Waals surface area (Å²) in [5.74, 6) is 2.89. The van der Waals surface area contributed by atoms with Crippen molar-refractivity contribution in [3.8, 4) is 22.6 Å². The maximum absolute atomic E-state index is 13.0. The number of methoxy groups -OCH3 is 2. The van der Waals surface area contributed by atoms with Crippen LogP contribution in [-0.4, -0.2) is 38.4 Å². The van der Waals surface area contributed by atoms with Crippen LogP contribution in [0.3, 0.4) is 0 Å². The lowest BCUT2D eigenvalue weighted by Crippen LogP contribution is -2.45. The van der Waals surface area contributed by atoms with E-state index < -0.39 is 20.8 Å². The van der Waals surface area contributed by atoms with Gasteiger partial charge < -0.3 is 9.47 Å². The molecule has 1 amide bonds. The Kier molecular flexibility index (Phi) is 7.90. The number of benzene rings is 3. The van der Waals surface area contributed by atoms with Crippen molar-refractivity contribution >= 4 is 27.7 Å². The van der Waals surface area contributed by atoms with Crippen LogP contribution < -0.4 is 9.47 Å². The molecule has 1 atom stereocenters. The first kappa shape index (κ1) is 27.1. The Bertz CT molecular complexity index is 1360. The predicted molar refractivity (Wildman–Crippen MR) is 149 cm³/mol. The lowest BCUT2D eigenvalue weighted by atomic mass is 10.0. The normalized spacial score (nSPS) is 17.2. The van der Waals surface area contributed by atoms with Crippen molar-refractivity contribution in [2.75, 3.05) is 14.2 Å². The number of amides is 1. The summed E-state index contributed by atoms with van der Waals surface area (Å²) in [6, 6.07) is 21.7. The third kappa shape index (κ3) is 5.80. The van der Waals surface area contributed by atoms with E-state index in [-0.39, 0.29) is 12.3 Å². The molecule has 3 aromatic rings. The minimum Gasteiger partial charge on any atom is -0.497 e. The number of nitrogens with zero attached hydrogens (tertiary/aromatic N) is 1. The van der Waals surface area contributed by atoms with E-state index in [1.807, 2.05) is 48.5 Å². The van der Waals surface area contributed by atoms with E-state index in [4.69, 9.17) is 9.47 Å². The summed E-state index contributed by atoms with van der Waals surface area (Å²) < 4.78 is 38.0. The first-order chi connectivity index (χ1) is 17.5. The van der Waals surface area contributed by atoms with Gasteiger partial charge in [0.25, 0.3) is 0 Å². The Labute approximate surface area is 224 Å². The number of hydrogen-bond acceptors (Lipinski definition) is 6. The Balaban J connectivity index is 1.39. The summed E-state index contributed by atoms with van der Waals surface area (Å²) in [4.78, 5) is 12.5. The zero-order chi connectivity index (χ0) is 26.8. The Morgan fingerprint density at radius 2 is 1.51 bits per heavy atom. The van der Waals surface area contributed by atoms with Gasteiger partial charge in [-0.15, -0.1) is 0 Å². The zero-order valence-electron chi connectivity index (χ0n) is 21.9. The summed E-state index contributed by atoms with van der Waals surface area (Å²) in [7, 11) is -0.395. The number of sulfonamides is 1. The zero-order valence-corrected chi connectivity index (χ0v) is 23.5. The van der Waals surface area contributed by atoms with Gasteiger partial charge >= 0.3 is 0 Å². The molecule has 1 heterocycles. The van der Waals surface area contributed by atoms with Gasteiger partial charge in [-0.2, -0.15) is 11.8 Å². The van der Waals surface area contributed by atoms with Crippen molar-refractivity contribution in [3.05, 3.63) is 83.4 Å². The number of ether oxygens (including phenoxy) is 2. The van der Waals surface area contributed by atoms with E-state index in [0.717, 1.165) is 49.6 Å². The van der Waals surface area contributed by atoms with Gasteiger partial charge in [-0.3, -0.25) is 4.79 Å². The predicted octanol–water partition coefficient (Wildman–Crippen LogP) is 6.21. The van der Waals surface area contributed by atoms with Crippen LogP contribution in [0.2, 0.25) is 0 Å². The Hall–Kier alpha value is -2.97. The number of rotatable bonds is 8. The highest BCUT2D eigenvalue weighted by Crippen LogP contribution is 2.40. The molecule has 1 fully saturated rings. The second-order valence-corrected chi connectivity index (χ2v) is 13.0. The van der Waals surface area contributed by atoms with Crippen LogP contribution in [0.4, 0.5) is 0 Å². The molecule has 0 saturated carbocycles. The van der Waals surface area contributed by atoms with Gasteiger partial charge in [0.1, 0.15) is 16.7 Å². The number of hydrogen-bond donors (Lipinski definition) is 0. The van der Waals surface area contributed by atoms with Crippen LogP contribution in [0, 0.1) is 0 Å². The molecule has 0 radical (unpaired) electrons. The molecule has 0 aliphatic carbocycles. The highest BCUT2D eigenvalue weighted by Gasteiger charge is 2.49. The third-order valence-corrected chi connectivity index (χ3v) is 9.86. The number of thioether (sulfide) groups is 1. The second kappa shape index (κ2) is 10.8. The van der Waals surface area contributed by atoms with Gasteiger partial charge in [-0.05, 0) is 61.2 Å². The molecule has 8 heteroatoms. The van der Waals surface area contributed by atoms with Crippen molar-refractivity contribution in [3.63, 3.8) is 0 Å². The fourth-order valence-electron chi connectivity index (χ4n) is 4.61. The fraction of sp³-hybridized carbons (Fsp3) is 0.345. The molecular weight excluding hydrogens is 506 g/mol. The van der Waals surface area contributed by atoms with Crippen LogP contribution >= 0.6 is 11.8 Å². The highest BCUT2D eigenvalue weighted by molar-refractivity contribution is 7.97. The summed E-state index contributed by atoms with van der Waals surface area (Å²) in [5, 5.41) is -0.822. The largest absolute Gasteiger partial charge is 0.497 e. The van der Waals surface area contributed by atoms with Crippen molar-refractivity contribution in [1.29, 1.82) is 0 Å². The molecule has 1 aliphatic rings. The van der Waals surface area contributed by atoms with E-state index in [1.54, 1.807) is 46.8 Å². The van der Waals surface area contributed by atoms with Crippen molar-refractivity contribution in [2.24, 2.45) is 0 Å². The second-order valence-electron chi connectivity index (χ2n) is 10.1. The lowest BCUT2D eigenvalue weighted by Gasteiger charge is -2.30. The Morgan fingerprint density at radius 1 is 0.892 bits per heavy atom. The standard InChI is InChI=1S/C29H33NO5S2/c1-29(2,3)30-28(31)17-27(37(30,32)33)23-9-6-20(7-10-23)18-36-19-21-8-15-25(26(16-21)35-5)22-11-13-24(34-4)14-12-22/h6-16,27H,17-19H2,1-5H3. The van der Waals surface area contributed by atoms with Crippen molar-refractivity contribution in [2.45, 2.75) is 49.5 Å². The minimum atomic E-state index is -3.73. The van der Waals surface area contributed by atoms with Crippen LogP contribution in [0.1, 0.15) is 49.1 Å². The van der Waals surface area contributed by atoms with E-state index in [9.17, 15) is 13.2 Å². The molecule has 37 heavy (non-hydrogen) atoms. The molecule has 6 nitrogen and oxygen atoms in total. The molecule has 1 saturated heterocycles. The molecule has 0 aromatic heterocycles. The summed E-state index contributed by atoms with van der Waals surface area (Å²) in [6.07, 6.45) is -0.0119. The summed E-state index contributed by atoms with van der Waals surface area (Å²) >= 11 is 1.77. The molecule has 3 aromatic carbocycles. The smallest absolute Gasteiger partial charge is 0.245 e. The average molecular weight is 540 g/mol. The van der Waals surface area contributed by atoms with Crippen LogP contribution in [0.15, 0.2) is 66.7 Å². The SMILES string of the molecule is COc1ccc(-c2ccc(CSCc3ccc(C4CC(=O)N(C(C)(C)C)S4(=O)=O)cc3)cc2OC)cc1. The third-order valence-electron chi connectivity index (χ3n) is 6.37. The van der Waals surface area contributed by atoms with Gasteiger partial charge in [-0.25, -0.2) is 12.7 Å². The van der Waals surface area contributed by atoms with Crippen LogP contribution in [0.25, 0.3) is 11.1 Å². The van der Waals surface area contributed by atoms with Crippen LogP contribution in [-0.2, 0) is 26.3 Å². The minimum absolute atomic E-state index is 0.0119. The highest BCUT2D eigenvalue weighted by atomic mass is 32.2. The summed E-state index contributed by atoms with van der Waals surface area (Å²) in [5.41, 5.74) is 4.25. The summed E-state index contributed by atoms with van der Waals surface area (Å²) in [6.45, 7) is 5.23. The molecule has 1 aliphatic heterocycles. The average Bonchev–Trinajstić information content (AvgIpc) is 3.12. The quantitative estimate of drug-likeness (QED) is 0.339. The monoisotopic (exact) mass is 539 g/mol. The molecule has 0 N–H and O–H groups in total. The fourth-order valence-corrected chi connectivity index (χ4v) is 7.79. The van der Waals surface area contributed by atoms with E-state index in [0.29, 0.717) is 5.56 Å². The molecule has 4 rings (SSSR count). The van der Waals surface area contributed by atoms with Gasteiger partial charge in [0.05, 0.1) is 26.2 Å². The topological polar surface area (TPSA) is 72.9 Å². The van der Waals surface area contributed by atoms with Crippen LogP contribution in [0.5, 0.6) is 11.5 Å². The maximum atomic E-state index is 13.0. The van der Waals surface area contributed by atoms with Gasteiger partial charge in [0.15, 0.2) is 0 Å². The first-order valence-electron chi connectivity index (χ1n) is 12.1. The molecular formula is C29H33NO5S2. The van der Waals surface area contributed by atoms with Crippen molar-refractivity contribution in [1.82, 2.24) is 4.31 Å². The molecule has 0 bridgehead atoms. The first-order valence-corrected chi connectivity index (χ1v) is 14.8. The van der Waals surface area contributed by atoms with E-state index in [1.165, 1.54) is 0 Å². The number of carbonyl (C=O) groups is 1. The Morgan fingerprint density at radius 3 is 2.08 bits per heavy atom. The van der Waals surface area contributed by atoms with Crippen molar-refractivity contribution < 1.29 is 22.7 Å². The lowest BCUT2D eigenvalue weighted by molar-refractivity contribution is -0.128. The molecule has 1 unspecified atom stereocenters. The van der Waals surface area contributed by atoms with Gasteiger partial charge in [0, 0.05) is 17.1 Å². The number of carbonyl (C=O) groups excluding carboxylic acids is 1. The van der Waals surface area contributed by atoms with E-state index in [2.05, 4.69) is 18.2 Å². The molecule has 196 valence electrons. The van der Waals surface area contributed by atoms with E-state index >= 15 is 0 Å².